The zero-order valence-corrected chi connectivity index (χ0v) is 12.5. The van der Waals surface area contributed by atoms with Crippen LogP contribution >= 0.6 is 0 Å². The van der Waals surface area contributed by atoms with Crippen LogP contribution in [0.3, 0.4) is 0 Å². The molecule has 1 aliphatic rings. The highest BCUT2D eigenvalue weighted by molar-refractivity contribution is 7.86. The maximum Gasteiger partial charge on any atom is 0.281 e. The molecule has 0 aromatic heterocycles. The van der Waals surface area contributed by atoms with Crippen LogP contribution < -0.4 is 0 Å². The van der Waals surface area contributed by atoms with E-state index in [1.807, 2.05) is 0 Å². The fraction of sp³-hybridized carbons (Fsp3) is 1.00. The van der Waals surface area contributed by atoms with Gasteiger partial charge in [0, 0.05) is 33.3 Å². The molecule has 1 aliphatic heterocycles. The molecule has 0 unspecified atom stereocenters. The van der Waals surface area contributed by atoms with E-state index in [1.54, 1.807) is 11.4 Å². The number of rotatable bonds is 5. The van der Waals surface area contributed by atoms with Crippen molar-refractivity contribution in [1.29, 1.82) is 0 Å². The summed E-state index contributed by atoms with van der Waals surface area (Å²) in [6.07, 6.45) is 3.37. The second kappa shape index (κ2) is 6.32. The van der Waals surface area contributed by atoms with Crippen LogP contribution in [0.4, 0.5) is 0 Å². The minimum atomic E-state index is -3.35. The maximum absolute atomic E-state index is 12.3. The third-order valence-electron chi connectivity index (χ3n) is 3.65. The van der Waals surface area contributed by atoms with E-state index in [2.05, 4.69) is 13.8 Å². The molecule has 0 aliphatic carbocycles. The Labute approximate surface area is 111 Å². The van der Waals surface area contributed by atoms with Gasteiger partial charge in [-0.05, 0) is 31.1 Å². The van der Waals surface area contributed by atoms with Crippen molar-refractivity contribution >= 4 is 10.2 Å². The summed E-state index contributed by atoms with van der Waals surface area (Å²) in [5.41, 5.74) is 0.230. The molecule has 0 amide bonds. The highest BCUT2D eigenvalue weighted by Crippen LogP contribution is 2.30. The summed E-state index contributed by atoms with van der Waals surface area (Å²) >= 11 is 0. The van der Waals surface area contributed by atoms with E-state index in [9.17, 15) is 8.42 Å². The van der Waals surface area contributed by atoms with Crippen molar-refractivity contribution in [2.75, 3.05) is 33.3 Å². The topological polar surface area (TPSA) is 60.9 Å². The Morgan fingerprint density at radius 3 is 2.56 bits per heavy atom. The molecule has 0 atom stereocenters. The molecule has 0 spiro atoms. The summed E-state index contributed by atoms with van der Waals surface area (Å²) in [6.45, 7) is 5.98. The van der Waals surface area contributed by atoms with Gasteiger partial charge in [-0.25, -0.2) is 0 Å². The molecule has 1 saturated heterocycles. The first-order valence-electron chi connectivity index (χ1n) is 6.62. The van der Waals surface area contributed by atoms with Gasteiger partial charge in [0.2, 0.25) is 0 Å². The van der Waals surface area contributed by atoms with E-state index in [0.29, 0.717) is 26.1 Å². The van der Waals surface area contributed by atoms with Gasteiger partial charge in [-0.1, -0.05) is 13.8 Å². The van der Waals surface area contributed by atoms with E-state index < -0.39 is 10.2 Å². The molecular formula is C12H26N2O3S. The summed E-state index contributed by atoms with van der Waals surface area (Å²) in [5.74, 6) is 0. The Morgan fingerprint density at radius 2 is 1.94 bits per heavy atom. The standard InChI is InChI=1S/C12H26N2O3S/c1-12(2)6-4-9-14(10-7-12)18(16,17)13(3)8-5-11-15/h15H,4-11H2,1-3H3. The Kier molecular flexibility index (Phi) is 5.58. The third kappa shape index (κ3) is 4.19. The van der Waals surface area contributed by atoms with Gasteiger partial charge in [0.1, 0.15) is 0 Å². The van der Waals surface area contributed by atoms with Gasteiger partial charge in [-0.15, -0.1) is 0 Å². The van der Waals surface area contributed by atoms with E-state index in [-0.39, 0.29) is 12.0 Å². The molecule has 18 heavy (non-hydrogen) atoms. The molecule has 108 valence electrons. The molecule has 5 nitrogen and oxygen atoms in total. The van der Waals surface area contributed by atoms with Crippen molar-refractivity contribution in [2.45, 2.75) is 39.5 Å². The van der Waals surface area contributed by atoms with Crippen LogP contribution in [-0.4, -0.2) is 55.4 Å². The molecule has 1 fully saturated rings. The highest BCUT2D eigenvalue weighted by Gasteiger charge is 2.31. The number of aliphatic hydroxyl groups excluding tert-OH is 1. The van der Waals surface area contributed by atoms with Crippen LogP contribution in [0.5, 0.6) is 0 Å². The van der Waals surface area contributed by atoms with Crippen LogP contribution in [0, 0.1) is 5.41 Å². The average Bonchev–Trinajstić information content (AvgIpc) is 2.47. The van der Waals surface area contributed by atoms with Crippen LogP contribution in [0.25, 0.3) is 0 Å². The number of hydrogen-bond acceptors (Lipinski definition) is 3. The summed E-state index contributed by atoms with van der Waals surface area (Å²) < 4.78 is 27.6. The van der Waals surface area contributed by atoms with Crippen LogP contribution in [0.15, 0.2) is 0 Å². The van der Waals surface area contributed by atoms with E-state index >= 15 is 0 Å². The first kappa shape index (κ1) is 15.9. The zero-order valence-electron chi connectivity index (χ0n) is 11.7. The van der Waals surface area contributed by atoms with Crippen LogP contribution in [0.1, 0.15) is 39.5 Å². The van der Waals surface area contributed by atoms with E-state index in [1.165, 1.54) is 4.31 Å². The first-order chi connectivity index (χ1) is 8.29. The second-order valence-corrected chi connectivity index (χ2v) is 7.86. The summed E-state index contributed by atoms with van der Waals surface area (Å²) in [7, 11) is -1.77. The molecule has 1 rings (SSSR count). The molecular weight excluding hydrogens is 252 g/mol. The van der Waals surface area contributed by atoms with Gasteiger partial charge < -0.3 is 5.11 Å². The molecule has 0 aromatic rings. The van der Waals surface area contributed by atoms with Gasteiger partial charge in [0.05, 0.1) is 0 Å². The molecule has 6 heteroatoms. The third-order valence-corrected chi connectivity index (χ3v) is 5.64. The fourth-order valence-electron chi connectivity index (χ4n) is 2.23. The van der Waals surface area contributed by atoms with Gasteiger partial charge in [-0.3, -0.25) is 0 Å². The number of aliphatic hydroxyl groups is 1. The van der Waals surface area contributed by atoms with Crippen LogP contribution in [-0.2, 0) is 10.2 Å². The Balaban J connectivity index is 2.67. The Bertz CT molecular complexity index is 354. The lowest BCUT2D eigenvalue weighted by molar-refractivity contribution is 0.270. The van der Waals surface area contributed by atoms with Gasteiger partial charge in [-0.2, -0.15) is 17.0 Å². The number of nitrogens with zero attached hydrogens (tertiary/aromatic N) is 2. The highest BCUT2D eigenvalue weighted by atomic mass is 32.2. The predicted octanol–water partition coefficient (Wildman–Crippen LogP) is 1.06. The molecule has 0 radical (unpaired) electrons. The summed E-state index contributed by atoms with van der Waals surface area (Å²) in [6, 6.07) is 0. The van der Waals surface area contributed by atoms with Crippen molar-refractivity contribution in [3.8, 4) is 0 Å². The van der Waals surface area contributed by atoms with Gasteiger partial charge in [0.25, 0.3) is 10.2 Å². The predicted molar refractivity (Wildman–Crippen MR) is 72.5 cm³/mol. The molecule has 1 N–H and O–H groups in total. The smallest absolute Gasteiger partial charge is 0.281 e. The molecule has 0 aromatic carbocycles. The SMILES string of the molecule is CN(CCCO)S(=O)(=O)N1CCCC(C)(C)CC1. The lowest BCUT2D eigenvalue weighted by Gasteiger charge is -2.27. The summed E-state index contributed by atoms with van der Waals surface area (Å²) in [4.78, 5) is 0. The zero-order chi connectivity index (χ0) is 13.8. The quantitative estimate of drug-likeness (QED) is 0.818. The van der Waals surface area contributed by atoms with Crippen molar-refractivity contribution in [3.63, 3.8) is 0 Å². The van der Waals surface area contributed by atoms with Crippen LogP contribution in [0.2, 0.25) is 0 Å². The van der Waals surface area contributed by atoms with E-state index in [4.69, 9.17) is 5.11 Å². The monoisotopic (exact) mass is 278 g/mol. The normalized spacial score (nSPS) is 22.1. The minimum Gasteiger partial charge on any atom is -0.396 e. The second-order valence-electron chi connectivity index (χ2n) is 5.82. The van der Waals surface area contributed by atoms with Gasteiger partial charge in [0.15, 0.2) is 0 Å². The lowest BCUT2D eigenvalue weighted by Crippen LogP contribution is -2.43. The Hall–Kier alpha value is -0.170. The molecule has 0 saturated carbocycles. The number of hydrogen-bond donors (Lipinski definition) is 1. The van der Waals surface area contributed by atoms with Crippen molar-refractivity contribution < 1.29 is 13.5 Å². The average molecular weight is 278 g/mol. The van der Waals surface area contributed by atoms with E-state index in [0.717, 1.165) is 19.3 Å². The summed E-state index contributed by atoms with van der Waals surface area (Å²) in [5, 5.41) is 8.77. The van der Waals surface area contributed by atoms with Gasteiger partial charge >= 0.3 is 0 Å². The fourth-order valence-corrected chi connectivity index (χ4v) is 3.67. The van der Waals surface area contributed by atoms with Crippen molar-refractivity contribution in [1.82, 2.24) is 8.61 Å². The minimum absolute atomic E-state index is 0.0207. The first-order valence-corrected chi connectivity index (χ1v) is 8.01. The lowest BCUT2D eigenvalue weighted by atomic mass is 9.85. The molecule has 1 heterocycles. The van der Waals surface area contributed by atoms with Crippen molar-refractivity contribution in [2.24, 2.45) is 5.41 Å². The molecule has 0 bridgehead atoms. The Morgan fingerprint density at radius 1 is 1.28 bits per heavy atom. The van der Waals surface area contributed by atoms with Crippen molar-refractivity contribution in [3.05, 3.63) is 0 Å². The maximum atomic E-state index is 12.3. The largest absolute Gasteiger partial charge is 0.396 e.